The Balaban J connectivity index is 2.27. The highest BCUT2D eigenvalue weighted by molar-refractivity contribution is 7.10. The first kappa shape index (κ1) is 14.0. The van der Waals surface area contributed by atoms with Gasteiger partial charge in [0.25, 0.3) is 5.56 Å². The number of anilines is 1. The second-order valence-corrected chi connectivity index (χ2v) is 5.38. The summed E-state index contributed by atoms with van der Waals surface area (Å²) in [6.07, 6.45) is 2.05. The molecule has 2 heterocycles. The summed E-state index contributed by atoms with van der Waals surface area (Å²) in [5, 5.41) is 18.3. The molecule has 1 unspecified atom stereocenters. The van der Waals surface area contributed by atoms with Crippen LogP contribution in [0.3, 0.4) is 0 Å². The summed E-state index contributed by atoms with van der Waals surface area (Å²) in [6.45, 7) is 0.0471. The van der Waals surface area contributed by atoms with Gasteiger partial charge in [-0.05, 0) is 17.9 Å². The maximum absolute atomic E-state index is 11.7. The van der Waals surface area contributed by atoms with E-state index in [1.165, 1.54) is 10.9 Å². The first-order chi connectivity index (χ1) is 9.13. The number of aliphatic hydroxyl groups is 1. The number of hydrogen-bond acceptors (Lipinski definition) is 5. The van der Waals surface area contributed by atoms with Crippen LogP contribution in [0.2, 0.25) is 5.02 Å². The lowest BCUT2D eigenvalue weighted by Gasteiger charge is -2.18. The normalized spacial score (nSPS) is 12.4. The Labute approximate surface area is 119 Å². The lowest BCUT2D eigenvalue weighted by Crippen LogP contribution is -2.22. The third-order valence-corrected chi connectivity index (χ3v) is 4.06. The number of thiophene rings is 1. The summed E-state index contributed by atoms with van der Waals surface area (Å²) in [5.74, 6) is 0. The maximum Gasteiger partial charge on any atom is 0.287 e. The molecule has 2 aromatic heterocycles. The first-order valence-electron chi connectivity index (χ1n) is 5.76. The summed E-state index contributed by atoms with van der Waals surface area (Å²) >= 11 is 7.59. The predicted octanol–water partition coefficient (Wildman–Crippen LogP) is 2.03. The number of hydrogen-bond donors (Lipinski definition) is 2. The molecular formula is C12H14ClN3O2S. The van der Waals surface area contributed by atoms with Crippen molar-refractivity contribution in [1.29, 1.82) is 0 Å². The SMILES string of the molecule is Cn1ncc(NC(CCO)c2cccs2)c(Cl)c1=O. The van der Waals surface area contributed by atoms with E-state index in [2.05, 4.69) is 10.4 Å². The van der Waals surface area contributed by atoms with Crippen molar-refractivity contribution in [1.82, 2.24) is 9.78 Å². The molecule has 0 bridgehead atoms. The molecule has 0 aliphatic heterocycles. The van der Waals surface area contributed by atoms with Gasteiger partial charge in [-0.1, -0.05) is 17.7 Å². The Kier molecular flexibility index (Phi) is 4.57. The van der Waals surface area contributed by atoms with Crippen LogP contribution in [0.15, 0.2) is 28.5 Å². The van der Waals surface area contributed by atoms with Crippen LogP contribution < -0.4 is 10.9 Å². The van der Waals surface area contributed by atoms with E-state index in [1.807, 2.05) is 17.5 Å². The molecular weight excluding hydrogens is 286 g/mol. The first-order valence-corrected chi connectivity index (χ1v) is 7.02. The summed E-state index contributed by atoms with van der Waals surface area (Å²) in [5.41, 5.74) is 0.136. The van der Waals surface area contributed by atoms with Gasteiger partial charge in [0, 0.05) is 18.5 Å². The van der Waals surface area contributed by atoms with Gasteiger partial charge in [0.05, 0.1) is 17.9 Å². The van der Waals surface area contributed by atoms with Crippen LogP contribution in [0, 0.1) is 0 Å². The van der Waals surface area contributed by atoms with Crippen molar-refractivity contribution >= 4 is 28.6 Å². The van der Waals surface area contributed by atoms with Crippen LogP contribution in [-0.4, -0.2) is 21.5 Å². The second kappa shape index (κ2) is 6.18. The van der Waals surface area contributed by atoms with Crippen molar-refractivity contribution in [2.24, 2.45) is 7.05 Å². The molecule has 0 saturated carbocycles. The number of aryl methyl sites for hydroxylation is 1. The third kappa shape index (κ3) is 3.15. The molecule has 5 nitrogen and oxygen atoms in total. The summed E-state index contributed by atoms with van der Waals surface area (Å²) in [7, 11) is 1.54. The Hall–Kier alpha value is -1.37. The molecule has 0 fully saturated rings. The van der Waals surface area contributed by atoms with Crippen molar-refractivity contribution in [2.75, 3.05) is 11.9 Å². The van der Waals surface area contributed by atoms with Gasteiger partial charge in [-0.25, -0.2) is 4.68 Å². The minimum atomic E-state index is -0.347. The molecule has 0 aromatic carbocycles. The van der Waals surface area contributed by atoms with Gasteiger partial charge >= 0.3 is 0 Å². The highest BCUT2D eigenvalue weighted by Crippen LogP contribution is 2.27. The van der Waals surface area contributed by atoms with Gasteiger partial charge in [0.1, 0.15) is 5.02 Å². The minimum Gasteiger partial charge on any atom is -0.396 e. The number of aromatic nitrogens is 2. The smallest absolute Gasteiger partial charge is 0.287 e. The van der Waals surface area contributed by atoms with Crippen LogP contribution >= 0.6 is 22.9 Å². The average Bonchev–Trinajstić information content (AvgIpc) is 2.92. The molecule has 0 aliphatic carbocycles. The minimum absolute atomic E-state index is 0.0471. The average molecular weight is 300 g/mol. The van der Waals surface area contributed by atoms with E-state index < -0.39 is 0 Å². The van der Waals surface area contributed by atoms with Gasteiger partial charge < -0.3 is 10.4 Å². The Bertz CT molecular complexity index is 598. The zero-order chi connectivity index (χ0) is 13.8. The zero-order valence-electron chi connectivity index (χ0n) is 10.3. The van der Waals surface area contributed by atoms with Crippen LogP contribution in [0.5, 0.6) is 0 Å². The number of nitrogens with one attached hydrogen (secondary N) is 1. The fourth-order valence-corrected chi connectivity index (χ4v) is 2.74. The van der Waals surface area contributed by atoms with E-state index in [0.717, 1.165) is 4.88 Å². The lowest BCUT2D eigenvalue weighted by atomic mass is 10.1. The molecule has 2 aromatic rings. The van der Waals surface area contributed by atoms with Crippen molar-refractivity contribution in [3.8, 4) is 0 Å². The third-order valence-electron chi connectivity index (χ3n) is 2.71. The van der Waals surface area contributed by atoms with Crippen molar-refractivity contribution in [3.05, 3.63) is 44.0 Å². The molecule has 0 radical (unpaired) electrons. The Morgan fingerprint density at radius 2 is 2.42 bits per heavy atom. The van der Waals surface area contributed by atoms with E-state index in [-0.39, 0.29) is 23.2 Å². The zero-order valence-corrected chi connectivity index (χ0v) is 11.9. The van der Waals surface area contributed by atoms with Crippen molar-refractivity contribution < 1.29 is 5.11 Å². The molecule has 0 aliphatic rings. The molecule has 102 valence electrons. The summed E-state index contributed by atoms with van der Waals surface area (Å²) < 4.78 is 1.18. The molecule has 1 atom stereocenters. The largest absolute Gasteiger partial charge is 0.396 e. The summed E-state index contributed by atoms with van der Waals surface area (Å²) in [4.78, 5) is 12.8. The van der Waals surface area contributed by atoms with E-state index in [4.69, 9.17) is 16.7 Å². The second-order valence-electron chi connectivity index (χ2n) is 4.03. The van der Waals surface area contributed by atoms with E-state index in [9.17, 15) is 4.79 Å². The molecule has 0 amide bonds. The van der Waals surface area contributed by atoms with Crippen LogP contribution in [0.25, 0.3) is 0 Å². The number of rotatable bonds is 5. The van der Waals surface area contributed by atoms with Gasteiger partial charge in [0.2, 0.25) is 0 Å². The fourth-order valence-electron chi connectivity index (χ4n) is 1.70. The van der Waals surface area contributed by atoms with E-state index in [0.29, 0.717) is 12.1 Å². The van der Waals surface area contributed by atoms with Crippen molar-refractivity contribution in [3.63, 3.8) is 0 Å². The predicted molar refractivity (Wildman–Crippen MR) is 76.9 cm³/mol. The van der Waals surface area contributed by atoms with Gasteiger partial charge in [-0.15, -0.1) is 11.3 Å². The van der Waals surface area contributed by atoms with Crippen LogP contribution in [0.1, 0.15) is 17.3 Å². The van der Waals surface area contributed by atoms with Crippen LogP contribution in [-0.2, 0) is 7.05 Å². The molecule has 19 heavy (non-hydrogen) atoms. The fraction of sp³-hybridized carbons (Fsp3) is 0.333. The summed E-state index contributed by atoms with van der Waals surface area (Å²) in [6, 6.07) is 3.83. The Morgan fingerprint density at radius 1 is 1.63 bits per heavy atom. The van der Waals surface area contributed by atoms with Gasteiger partial charge in [-0.2, -0.15) is 5.10 Å². The van der Waals surface area contributed by atoms with E-state index >= 15 is 0 Å². The number of aliphatic hydroxyl groups excluding tert-OH is 1. The topological polar surface area (TPSA) is 67.2 Å². The monoisotopic (exact) mass is 299 g/mol. The Morgan fingerprint density at radius 3 is 3.05 bits per heavy atom. The number of nitrogens with zero attached hydrogens (tertiary/aromatic N) is 2. The quantitative estimate of drug-likeness (QED) is 0.886. The lowest BCUT2D eigenvalue weighted by molar-refractivity contribution is 0.280. The standard InChI is InChI=1S/C12H14ClN3O2S/c1-16-12(18)11(13)9(7-14-16)15-8(4-5-17)10-3-2-6-19-10/h2-3,6-8,15,17H,4-5H2,1H3. The highest BCUT2D eigenvalue weighted by atomic mass is 35.5. The molecule has 7 heteroatoms. The molecule has 0 spiro atoms. The van der Waals surface area contributed by atoms with E-state index in [1.54, 1.807) is 18.4 Å². The van der Waals surface area contributed by atoms with Gasteiger partial charge in [-0.3, -0.25) is 4.79 Å². The van der Waals surface area contributed by atoms with Gasteiger partial charge in [0.15, 0.2) is 0 Å². The highest BCUT2D eigenvalue weighted by Gasteiger charge is 2.15. The molecule has 2 rings (SSSR count). The maximum atomic E-state index is 11.7. The number of halogens is 1. The molecule has 2 N–H and O–H groups in total. The van der Waals surface area contributed by atoms with Crippen molar-refractivity contribution in [2.45, 2.75) is 12.5 Å². The van der Waals surface area contributed by atoms with Crippen LogP contribution in [0.4, 0.5) is 5.69 Å². The molecule has 0 saturated heterocycles.